The zero-order valence-electron chi connectivity index (χ0n) is 19.3. The monoisotopic (exact) mass is 472 g/mol. The molecule has 0 bridgehead atoms. The molecule has 8 heteroatoms. The molecule has 1 amide bonds. The van der Waals surface area contributed by atoms with Crippen molar-refractivity contribution in [2.45, 2.75) is 19.4 Å². The summed E-state index contributed by atoms with van der Waals surface area (Å²) in [4.78, 5) is 43.6. The second-order valence-electron chi connectivity index (χ2n) is 7.83. The number of aliphatic hydroxyl groups is 1. The molecule has 0 spiro atoms. The third-order valence-corrected chi connectivity index (χ3v) is 5.70. The van der Waals surface area contributed by atoms with Crippen LogP contribution in [0.5, 0.6) is 5.75 Å². The van der Waals surface area contributed by atoms with E-state index in [-0.39, 0.29) is 23.7 Å². The molecule has 35 heavy (non-hydrogen) atoms. The van der Waals surface area contributed by atoms with E-state index in [4.69, 9.17) is 9.47 Å². The summed E-state index contributed by atoms with van der Waals surface area (Å²) in [5.74, 6) is -1.60. The van der Waals surface area contributed by atoms with E-state index >= 15 is 0 Å². The number of carbonyl (C=O) groups is 3. The summed E-state index contributed by atoms with van der Waals surface area (Å²) in [6, 6.07) is 15.8. The molecule has 1 aromatic heterocycles. The zero-order chi connectivity index (χ0) is 24.9. The number of aliphatic hydroxyl groups excluding tert-OH is 1. The maximum absolute atomic E-state index is 13.2. The molecule has 1 N–H and O–H groups in total. The van der Waals surface area contributed by atoms with Gasteiger partial charge in [-0.3, -0.25) is 24.3 Å². The number of aromatic nitrogens is 1. The molecular formula is C27H24N2O6. The van der Waals surface area contributed by atoms with E-state index in [0.717, 1.165) is 0 Å². The summed E-state index contributed by atoms with van der Waals surface area (Å²) >= 11 is 0. The molecule has 1 atom stereocenters. The minimum absolute atomic E-state index is 0.0260. The van der Waals surface area contributed by atoms with Crippen LogP contribution in [0.25, 0.3) is 5.76 Å². The quantitative estimate of drug-likeness (QED) is 0.241. The molecule has 2 heterocycles. The predicted octanol–water partition coefficient (Wildman–Crippen LogP) is 3.82. The van der Waals surface area contributed by atoms with E-state index in [9.17, 15) is 19.5 Å². The van der Waals surface area contributed by atoms with Gasteiger partial charge in [0.15, 0.2) is 0 Å². The number of ether oxygens (including phenoxy) is 2. The molecule has 2 aromatic carbocycles. The fraction of sp³-hybridized carbons (Fsp3) is 0.185. The average molecular weight is 472 g/mol. The first-order valence-electron chi connectivity index (χ1n) is 11.0. The van der Waals surface area contributed by atoms with Gasteiger partial charge in [0.1, 0.15) is 11.5 Å². The number of amides is 1. The van der Waals surface area contributed by atoms with E-state index in [1.807, 2.05) is 0 Å². The number of Topliss-reactive ketones (excluding diaryl/α,β-unsaturated/α-hetero) is 1. The Kier molecular flexibility index (Phi) is 6.91. The van der Waals surface area contributed by atoms with Crippen molar-refractivity contribution < 1.29 is 29.0 Å². The van der Waals surface area contributed by atoms with E-state index < -0.39 is 17.7 Å². The number of esters is 1. The van der Waals surface area contributed by atoms with Gasteiger partial charge in [0.05, 0.1) is 31.8 Å². The number of rotatable bonds is 7. The number of hydrogen-bond acceptors (Lipinski definition) is 7. The van der Waals surface area contributed by atoms with Gasteiger partial charge in [0.2, 0.25) is 0 Å². The predicted molar refractivity (Wildman–Crippen MR) is 129 cm³/mol. The van der Waals surface area contributed by atoms with Crippen LogP contribution in [-0.4, -0.2) is 41.5 Å². The normalized spacial score (nSPS) is 16.9. The lowest BCUT2D eigenvalue weighted by atomic mass is 9.95. The molecule has 1 fully saturated rings. The third kappa shape index (κ3) is 4.77. The molecule has 0 radical (unpaired) electrons. The second-order valence-corrected chi connectivity index (χ2v) is 7.83. The SMILES string of the molecule is CCOC(=O)Cc1ccc(N2C(=O)C(=O)/C(=C(\O)c3ccc(OC)cc3)C2c2ccncc2)cc1. The van der Waals surface area contributed by atoms with Crippen molar-refractivity contribution in [3.63, 3.8) is 0 Å². The highest BCUT2D eigenvalue weighted by atomic mass is 16.5. The first kappa shape index (κ1) is 23.7. The van der Waals surface area contributed by atoms with Crippen LogP contribution in [0.3, 0.4) is 0 Å². The summed E-state index contributed by atoms with van der Waals surface area (Å²) in [7, 11) is 1.53. The van der Waals surface area contributed by atoms with Gasteiger partial charge in [0.25, 0.3) is 11.7 Å². The van der Waals surface area contributed by atoms with E-state index in [2.05, 4.69) is 4.98 Å². The van der Waals surface area contributed by atoms with Gasteiger partial charge in [-0.1, -0.05) is 12.1 Å². The van der Waals surface area contributed by atoms with Gasteiger partial charge in [-0.05, 0) is 66.6 Å². The van der Waals surface area contributed by atoms with E-state index in [0.29, 0.717) is 34.7 Å². The first-order chi connectivity index (χ1) is 16.9. The largest absolute Gasteiger partial charge is 0.507 e. The Hall–Kier alpha value is -4.46. The van der Waals surface area contributed by atoms with Crippen molar-refractivity contribution >= 4 is 29.1 Å². The number of anilines is 1. The number of methoxy groups -OCH3 is 1. The van der Waals surface area contributed by atoms with Gasteiger partial charge in [-0.15, -0.1) is 0 Å². The van der Waals surface area contributed by atoms with Gasteiger partial charge >= 0.3 is 5.97 Å². The highest BCUT2D eigenvalue weighted by Gasteiger charge is 2.46. The number of benzene rings is 2. The van der Waals surface area contributed by atoms with Gasteiger partial charge in [-0.25, -0.2) is 0 Å². The lowest BCUT2D eigenvalue weighted by Gasteiger charge is -2.25. The maximum atomic E-state index is 13.2. The first-order valence-corrected chi connectivity index (χ1v) is 11.0. The molecule has 8 nitrogen and oxygen atoms in total. The molecule has 4 rings (SSSR count). The van der Waals surface area contributed by atoms with Crippen LogP contribution >= 0.6 is 0 Å². The van der Waals surface area contributed by atoms with Crippen LogP contribution in [0.1, 0.15) is 29.7 Å². The number of nitrogens with zero attached hydrogens (tertiary/aromatic N) is 2. The van der Waals surface area contributed by atoms with Gasteiger partial charge in [0, 0.05) is 23.6 Å². The third-order valence-electron chi connectivity index (χ3n) is 5.70. The minimum Gasteiger partial charge on any atom is -0.507 e. The zero-order valence-corrected chi connectivity index (χ0v) is 19.3. The summed E-state index contributed by atoms with van der Waals surface area (Å²) in [5.41, 5.74) is 2.14. The Morgan fingerprint density at radius 3 is 2.26 bits per heavy atom. The molecule has 1 aliphatic rings. The molecule has 178 valence electrons. The fourth-order valence-corrected chi connectivity index (χ4v) is 4.02. The Morgan fingerprint density at radius 1 is 1.00 bits per heavy atom. The molecule has 1 saturated heterocycles. The molecule has 0 aliphatic carbocycles. The smallest absolute Gasteiger partial charge is 0.310 e. The van der Waals surface area contributed by atoms with Gasteiger partial charge < -0.3 is 14.6 Å². The van der Waals surface area contributed by atoms with Crippen molar-refractivity contribution in [1.82, 2.24) is 4.98 Å². The number of pyridine rings is 1. The summed E-state index contributed by atoms with van der Waals surface area (Å²) in [6.07, 6.45) is 3.22. The topological polar surface area (TPSA) is 106 Å². The summed E-state index contributed by atoms with van der Waals surface area (Å²) in [6.45, 7) is 2.03. The van der Waals surface area contributed by atoms with Crippen LogP contribution in [0.4, 0.5) is 5.69 Å². The minimum atomic E-state index is -0.865. The van der Waals surface area contributed by atoms with Crippen LogP contribution < -0.4 is 9.64 Å². The summed E-state index contributed by atoms with van der Waals surface area (Å²) in [5, 5.41) is 11.1. The molecule has 1 aliphatic heterocycles. The van der Waals surface area contributed by atoms with Crippen LogP contribution in [0.2, 0.25) is 0 Å². The lowest BCUT2D eigenvalue weighted by Crippen LogP contribution is -2.29. The number of ketones is 1. The Labute approximate surface area is 202 Å². The number of hydrogen-bond donors (Lipinski definition) is 1. The summed E-state index contributed by atoms with van der Waals surface area (Å²) < 4.78 is 10.1. The van der Waals surface area contributed by atoms with Crippen LogP contribution in [0, 0.1) is 0 Å². The van der Waals surface area contributed by atoms with Gasteiger partial charge in [-0.2, -0.15) is 0 Å². The highest BCUT2D eigenvalue weighted by Crippen LogP contribution is 2.42. The van der Waals surface area contributed by atoms with Crippen molar-refractivity contribution in [3.05, 3.63) is 95.3 Å². The molecule has 0 saturated carbocycles. The molecule has 1 unspecified atom stereocenters. The lowest BCUT2D eigenvalue weighted by molar-refractivity contribution is -0.142. The van der Waals surface area contributed by atoms with Crippen LogP contribution in [-0.2, 0) is 25.5 Å². The van der Waals surface area contributed by atoms with Crippen molar-refractivity contribution in [2.24, 2.45) is 0 Å². The van der Waals surface area contributed by atoms with Crippen molar-refractivity contribution in [3.8, 4) is 5.75 Å². The van der Waals surface area contributed by atoms with Crippen LogP contribution in [0.15, 0.2) is 78.6 Å². The maximum Gasteiger partial charge on any atom is 0.310 e. The Bertz CT molecular complexity index is 1270. The average Bonchev–Trinajstić information content (AvgIpc) is 3.15. The fourth-order valence-electron chi connectivity index (χ4n) is 4.02. The van der Waals surface area contributed by atoms with Crippen molar-refractivity contribution in [2.75, 3.05) is 18.6 Å². The molecule has 3 aromatic rings. The van der Waals surface area contributed by atoms with Crippen molar-refractivity contribution in [1.29, 1.82) is 0 Å². The Morgan fingerprint density at radius 2 is 1.66 bits per heavy atom. The standard InChI is InChI=1S/C27H24N2O6/c1-3-35-22(30)16-17-4-8-20(9-5-17)29-24(18-12-14-28-15-13-18)23(26(32)27(29)33)25(31)19-6-10-21(34-2)11-7-19/h4-15,24,31H,3,16H2,1-2H3/b25-23-. The van der Waals surface area contributed by atoms with E-state index in [1.54, 1.807) is 80.0 Å². The Balaban J connectivity index is 1.78. The second kappa shape index (κ2) is 10.2. The van der Waals surface area contributed by atoms with E-state index in [1.165, 1.54) is 12.0 Å². The highest BCUT2D eigenvalue weighted by molar-refractivity contribution is 6.51. The number of carbonyl (C=O) groups excluding carboxylic acids is 3. The molecular weight excluding hydrogens is 448 g/mol.